The van der Waals surface area contributed by atoms with Gasteiger partial charge in [0.25, 0.3) is 0 Å². The van der Waals surface area contributed by atoms with Crippen LogP contribution < -0.4 is 20.9 Å². The highest BCUT2D eigenvalue weighted by Gasteiger charge is 2.38. The zero-order valence-electron chi connectivity index (χ0n) is 25.1. The number of benzene rings is 1. The standard InChI is InChI=1S/C27H36N10O.C2HF3O2/c1-18(2)23-24-25(33-32-23)26(31-27(30-24)36-10-7-20(28)8-11-36)29-17-19-5-3-4-6-21(19)37-12-9-22(34-37)35-13-15-38-16-14-35;3-2(4,5)1(6)7/h3-6,9,12,18,20H,7-8,10-11,13-17,28H2,1-2H3,(H,32,33)(H,29,30,31);(H,6,7). The molecule has 13 nitrogen and oxygen atoms in total. The molecule has 0 saturated carbocycles. The molecule has 2 fully saturated rings. The maximum absolute atomic E-state index is 10.6. The van der Waals surface area contributed by atoms with Crippen LogP contribution in [0.2, 0.25) is 0 Å². The molecule has 6 rings (SSSR count). The van der Waals surface area contributed by atoms with Crippen LogP contribution in [0.4, 0.5) is 30.8 Å². The van der Waals surface area contributed by atoms with Gasteiger partial charge in [0.15, 0.2) is 17.2 Å². The van der Waals surface area contributed by atoms with Gasteiger partial charge in [0.1, 0.15) is 5.52 Å². The van der Waals surface area contributed by atoms with E-state index in [1.54, 1.807) is 0 Å². The number of nitrogens with zero attached hydrogens (tertiary/aromatic N) is 7. The van der Waals surface area contributed by atoms with Crippen molar-refractivity contribution in [1.29, 1.82) is 0 Å². The zero-order valence-corrected chi connectivity index (χ0v) is 25.1. The SMILES string of the molecule is CC(C)c1[nH]nc2c(NCc3ccccc3-n3ccc(N4CCOCC4)n3)nc(N3CCC(N)CC3)nc12.O=C(O)C(F)(F)F. The average molecular weight is 631 g/mol. The third-order valence-electron chi connectivity index (χ3n) is 7.65. The number of ether oxygens (including phenoxy) is 1. The Bertz CT molecular complexity index is 1590. The molecule has 16 heteroatoms. The number of hydrogen-bond donors (Lipinski definition) is 4. The van der Waals surface area contributed by atoms with Gasteiger partial charge in [-0.3, -0.25) is 5.10 Å². The second-order valence-electron chi connectivity index (χ2n) is 11.2. The van der Waals surface area contributed by atoms with Crippen LogP contribution >= 0.6 is 0 Å². The first-order valence-corrected chi connectivity index (χ1v) is 14.8. The molecule has 2 aliphatic heterocycles. The molecule has 3 aromatic heterocycles. The summed E-state index contributed by atoms with van der Waals surface area (Å²) in [4.78, 5) is 23.3. The first kappa shape index (κ1) is 32.0. The highest BCUT2D eigenvalue weighted by atomic mass is 19.4. The highest BCUT2D eigenvalue weighted by molar-refractivity contribution is 5.88. The van der Waals surface area contributed by atoms with E-state index in [1.165, 1.54) is 0 Å². The number of anilines is 3. The molecule has 1 aromatic carbocycles. The predicted octanol–water partition coefficient (Wildman–Crippen LogP) is 3.67. The molecule has 0 bridgehead atoms. The number of halogens is 3. The number of alkyl halides is 3. The van der Waals surface area contributed by atoms with E-state index in [0.717, 1.165) is 97.8 Å². The van der Waals surface area contributed by atoms with Crippen LogP contribution in [0, 0.1) is 0 Å². The van der Waals surface area contributed by atoms with Crippen molar-refractivity contribution in [3.63, 3.8) is 0 Å². The maximum atomic E-state index is 10.6. The van der Waals surface area contributed by atoms with Crippen molar-refractivity contribution in [2.24, 2.45) is 5.73 Å². The molecule has 0 unspecified atom stereocenters. The molecular formula is C29H37F3N10O3. The van der Waals surface area contributed by atoms with Gasteiger partial charge < -0.3 is 30.7 Å². The molecule has 45 heavy (non-hydrogen) atoms. The summed E-state index contributed by atoms with van der Waals surface area (Å²) in [5, 5.41) is 23.4. The lowest BCUT2D eigenvalue weighted by atomic mass is 10.1. The molecule has 4 aromatic rings. The lowest BCUT2D eigenvalue weighted by Gasteiger charge is -2.30. The quantitative estimate of drug-likeness (QED) is 0.236. The van der Waals surface area contributed by atoms with Gasteiger partial charge in [-0.25, -0.2) is 14.5 Å². The number of fused-ring (bicyclic) bond motifs is 1. The molecular weight excluding hydrogens is 593 g/mol. The molecule has 0 atom stereocenters. The summed E-state index contributed by atoms with van der Waals surface area (Å²) in [6.45, 7) is 9.76. The van der Waals surface area contributed by atoms with Crippen LogP contribution in [0.1, 0.15) is 43.9 Å². The number of piperidine rings is 1. The molecule has 2 saturated heterocycles. The number of carbonyl (C=O) groups is 1. The Hall–Kier alpha value is -4.44. The van der Waals surface area contributed by atoms with Crippen LogP contribution in [0.15, 0.2) is 36.5 Å². The topological polar surface area (TPSA) is 163 Å². The lowest BCUT2D eigenvalue weighted by Crippen LogP contribution is -2.40. The van der Waals surface area contributed by atoms with Crippen molar-refractivity contribution < 1.29 is 27.8 Å². The van der Waals surface area contributed by atoms with E-state index in [0.29, 0.717) is 6.54 Å². The number of nitrogens with one attached hydrogen (secondary N) is 2. The number of para-hydroxylation sites is 1. The summed E-state index contributed by atoms with van der Waals surface area (Å²) in [6.07, 6.45) is -1.18. The van der Waals surface area contributed by atoms with Gasteiger partial charge in [-0.1, -0.05) is 32.0 Å². The fourth-order valence-corrected chi connectivity index (χ4v) is 5.14. The zero-order chi connectivity index (χ0) is 32.1. The summed E-state index contributed by atoms with van der Waals surface area (Å²) >= 11 is 0. The number of aliphatic carboxylic acids is 1. The van der Waals surface area contributed by atoms with Gasteiger partial charge in [-0.2, -0.15) is 28.4 Å². The molecule has 0 amide bonds. The Kier molecular flexibility index (Phi) is 9.72. The minimum absolute atomic E-state index is 0.246. The first-order valence-electron chi connectivity index (χ1n) is 14.8. The number of H-pyrrole nitrogens is 1. The van der Waals surface area contributed by atoms with E-state index in [1.807, 2.05) is 16.9 Å². The van der Waals surface area contributed by atoms with Crippen LogP contribution in [0.25, 0.3) is 16.7 Å². The van der Waals surface area contributed by atoms with Gasteiger partial charge in [-0.15, -0.1) is 0 Å². The Morgan fingerprint density at radius 2 is 1.78 bits per heavy atom. The Balaban J connectivity index is 0.000000515. The van der Waals surface area contributed by atoms with Crippen LogP contribution in [0.3, 0.4) is 0 Å². The van der Waals surface area contributed by atoms with Crippen molar-refractivity contribution in [3.05, 3.63) is 47.8 Å². The molecule has 0 spiro atoms. The van der Waals surface area contributed by atoms with E-state index in [9.17, 15) is 13.2 Å². The lowest BCUT2D eigenvalue weighted by molar-refractivity contribution is -0.192. The second kappa shape index (κ2) is 13.7. The average Bonchev–Trinajstić information content (AvgIpc) is 3.69. The first-order chi connectivity index (χ1) is 21.5. The van der Waals surface area contributed by atoms with Crippen molar-refractivity contribution >= 4 is 34.6 Å². The minimum atomic E-state index is -5.08. The number of carboxylic acids is 1. The number of morpholine rings is 1. The van der Waals surface area contributed by atoms with E-state index >= 15 is 0 Å². The molecule has 5 heterocycles. The van der Waals surface area contributed by atoms with Gasteiger partial charge in [0.05, 0.1) is 24.6 Å². The van der Waals surface area contributed by atoms with Crippen molar-refractivity contribution in [1.82, 2.24) is 29.9 Å². The summed E-state index contributed by atoms with van der Waals surface area (Å²) in [7, 11) is 0. The number of carboxylic acid groups (broad SMARTS) is 1. The van der Waals surface area contributed by atoms with E-state index in [-0.39, 0.29) is 12.0 Å². The van der Waals surface area contributed by atoms with E-state index < -0.39 is 12.1 Å². The Morgan fingerprint density at radius 1 is 1.09 bits per heavy atom. The van der Waals surface area contributed by atoms with Crippen molar-refractivity contribution in [2.45, 2.75) is 51.4 Å². The number of aromatic amines is 1. The monoisotopic (exact) mass is 630 g/mol. The maximum Gasteiger partial charge on any atom is 0.490 e. The third kappa shape index (κ3) is 7.62. The minimum Gasteiger partial charge on any atom is -0.475 e. The summed E-state index contributed by atoms with van der Waals surface area (Å²) in [6, 6.07) is 10.6. The van der Waals surface area contributed by atoms with Crippen molar-refractivity contribution in [2.75, 3.05) is 54.5 Å². The van der Waals surface area contributed by atoms with Crippen LogP contribution in [-0.2, 0) is 16.1 Å². The molecule has 5 N–H and O–H groups in total. The Labute approximate surface area is 257 Å². The normalized spacial score (nSPS) is 16.2. The van der Waals surface area contributed by atoms with Gasteiger partial charge in [0.2, 0.25) is 5.95 Å². The third-order valence-corrected chi connectivity index (χ3v) is 7.65. The molecule has 2 aliphatic rings. The van der Waals surface area contributed by atoms with E-state index in [4.69, 9.17) is 35.4 Å². The largest absolute Gasteiger partial charge is 0.490 e. The predicted molar refractivity (Wildman–Crippen MR) is 163 cm³/mol. The molecule has 242 valence electrons. The fourth-order valence-electron chi connectivity index (χ4n) is 5.14. The smallest absolute Gasteiger partial charge is 0.475 e. The highest BCUT2D eigenvalue weighted by Crippen LogP contribution is 2.29. The fraction of sp³-hybridized carbons (Fsp3) is 0.483. The summed E-state index contributed by atoms with van der Waals surface area (Å²) in [5.41, 5.74) is 10.9. The molecule has 0 radical (unpaired) electrons. The number of rotatable bonds is 7. The summed E-state index contributed by atoms with van der Waals surface area (Å²) in [5.74, 6) is -0.0608. The van der Waals surface area contributed by atoms with Gasteiger partial charge in [-0.05, 0) is 30.4 Å². The van der Waals surface area contributed by atoms with E-state index in [2.05, 4.69) is 63.4 Å². The number of aromatic nitrogens is 6. The molecule has 0 aliphatic carbocycles. The van der Waals surface area contributed by atoms with Crippen LogP contribution in [-0.4, -0.2) is 92.6 Å². The van der Waals surface area contributed by atoms with Gasteiger partial charge in [0, 0.05) is 51.0 Å². The van der Waals surface area contributed by atoms with Gasteiger partial charge >= 0.3 is 12.1 Å². The van der Waals surface area contributed by atoms with Crippen molar-refractivity contribution in [3.8, 4) is 5.69 Å². The number of nitrogens with two attached hydrogens (primary N) is 1. The Morgan fingerprint density at radius 3 is 2.44 bits per heavy atom. The summed E-state index contributed by atoms with van der Waals surface area (Å²) < 4.78 is 39.2. The second-order valence-corrected chi connectivity index (χ2v) is 11.2. The number of hydrogen-bond acceptors (Lipinski definition) is 10. The van der Waals surface area contributed by atoms with Crippen LogP contribution in [0.5, 0.6) is 0 Å².